The minimum atomic E-state index is -2.84. The lowest BCUT2D eigenvalue weighted by molar-refractivity contribution is 0.494. The van der Waals surface area contributed by atoms with Crippen LogP contribution in [0.25, 0.3) is 0 Å². The van der Waals surface area contributed by atoms with Crippen molar-refractivity contribution in [1.29, 1.82) is 0 Å². The Morgan fingerprint density at radius 2 is 2.33 bits per heavy atom. The second-order valence-electron chi connectivity index (χ2n) is 5.33. The van der Waals surface area contributed by atoms with Crippen molar-refractivity contribution >= 4 is 9.84 Å². The summed E-state index contributed by atoms with van der Waals surface area (Å²) >= 11 is 0. The van der Waals surface area contributed by atoms with E-state index in [2.05, 4.69) is 24.1 Å². The van der Waals surface area contributed by atoms with Crippen LogP contribution in [0.3, 0.4) is 0 Å². The van der Waals surface area contributed by atoms with E-state index < -0.39 is 9.84 Å². The number of imidazole rings is 1. The molecule has 1 saturated heterocycles. The maximum atomic E-state index is 11.5. The maximum Gasteiger partial charge on any atom is 0.152 e. The molecule has 0 aromatic carbocycles. The van der Waals surface area contributed by atoms with Crippen LogP contribution in [0.2, 0.25) is 0 Å². The van der Waals surface area contributed by atoms with Crippen molar-refractivity contribution in [2.45, 2.75) is 32.9 Å². The molecule has 6 heteroatoms. The average Bonchev–Trinajstić information content (AvgIpc) is 2.84. The van der Waals surface area contributed by atoms with Crippen LogP contribution in [0.15, 0.2) is 12.4 Å². The normalized spacial score (nSPS) is 22.7. The van der Waals surface area contributed by atoms with Crippen LogP contribution in [0.4, 0.5) is 0 Å². The fourth-order valence-electron chi connectivity index (χ4n) is 2.28. The van der Waals surface area contributed by atoms with Gasteiger partial charge in [0, 0.05) is 18.4 Å². The lowest BCUT2D eigenvalue weighted by atomic mass is 10.2. The van der Waals surface area contributed by atoms with Crippen LogP contribution in [0, 0.1) is 5.92 Å². The minimum absolute atomic E-state index is 0.0633. The molecule has 0 aliphatic carbocycles. The number of hydrogen-bond acceptors (Lipinski definition) is 4. The molecule has 1 aromatic rings. The van der Waals surface area contributed by atoms with E-state index in [0.29, 0.717) is 24.6 Å². The van der Waals surface area contributed by atoms with Crippen LogP contribution in [0.5, 0.6) is 0 Å². The van der Waals surface area contributed by atoms with Crippen molar-refractivity contribution in [1.82, 2.24) is 14.9 Å². The summed E-state index contributed by atoms with van der Waals surface area (Å²) in [6, 6.07) is 0.0633. The van der Waals surface area contributed by atoms with E-state index in [0.717, 1.165) is 12.4 Å². The molecule has 1 fully saturated rings. The SMILES string of the molecule is CC(C)CNCc1nccn1C1CCS(=O)(=O)C1. The van der Waals surface area contributed by atoms with Crippen molar-refractivity contribution < 1.29 is 8.42 Å². The average molecular weight is 271 g/mol. The van der Waals surface area contributed by atoms with E-state index in [1.165, 1.54) is 0 Å². The van der Waals surface area contributed by atoms with Crippen molar-refractivity contribution in [2.75, 3.05) is 18.1 Å². The largest absolute Gasteiger partial charge is 0.330 e. The molecular weight excluding hydrogens is 250 g/mol. The summed E-state index contributed by atoms with van der Waals surface area (Å²) in [6.07, 6.45) is 4.34. The van der Waals surface area contributed by atoms with Crippen molar-refractivity contribution in [2.24, 2.45) is 5.92 Å². The van der Waals surface area contributed by atoms with E-state index >= 15 is 0 Å². The van der Waals surface area contributed by atoms with Gasteiger partial charge in [-0.3, -0.25) is 0 Å². The van der Waals surface area contributed by atoms with Gasteiger partial charge in [0.1, 0.15) is 5.82 Å². The number of aromatic nitrogens is 2. The zero-order valence-corrected chi connectivity index (χ0v) is 11.8. The van der Waals surface area contributed by atoms with Crippen LogP contribution in [-0.4, -0.2) is 36.0 Å². The van der Waals surface area contributed by atoms with Gasteiger partial charge in [0.05, 0.1) is 18.1 Å². The number of nitrogens with one attached hydrogen (secondary N) is 1. The Morgan fingerprint density at radius 1 is 1.56 bits per heavy atom. The monoisotopic (exact) mass is 271 g/mol. The molecule has 5 nitrogen and oxygen atoms in total. The molecule has 1 aliphatic rings. The highest BCUT2D eigenvalue weighted by atomic mass is 32.2. The number of nitrogens with zero attached hydrogens (tertiary/aromatic N) is 2. The van der Waals surface area contributed by atoms with Crippen LogP contribution < -0.4 is 5.32 Å². The molecular formula is C12H21N3O2S. The molecule has 0 bridgehead atoms. The first-order valence-corrected chi connectivity index (χ1v) is 8.23. The minimum Gasteiger partial charge on any atom is -0.330 e. The van der Waals surface area contributed by atoms with Gasteiger partial charge in [0.15, 0.2) is 9.84 Å². The van der Waals surface area contributed by atoms with Gasteiger partial charge < -0.3 is 9.88 Å². The molecule has 18 heavy (non-hydrogen) atoms. The van der Waals surface area contributed by atoms with Crippen molar-refractivity contribution in [3.8, 4) is 0 Å². The van der Waals surface area contributed by atoms with E-state index in [1.54, 1.807) is 6.20 Å². The molecule has 2 heterocycles. The Morgan fingerprint density at radius 3 is 2.94 bits per heavy atom. The van der Waals surface area contributed by atoms with Crippen LogP contribution >= 0.6 is 0 Å². The lowest BCUT2D eigenvalue weighted by Crippen LogP contribution is -2.23. The zero-order chi connectivity index (χ0) is 13.2. The van der Waals surface area contributed by atoms with E-state index in [-0.39, 0.29) is 11.8 Å². The van der Waals surface area contributed by atoms with Gasteiger partial charge in [-0.15, -0.1) is 0 Å². The van der Waals surface area contributed by atoms with Gasteiger partial charge in [-0.25, -0.2) is 13.4 Å². The maximum absolute atomic E-state index is 11.5. The summed E-state index contributed by atoms with van der Waals surface area (Å²) in [4.78, 5) is 4.31. The zero-order valence-electron chi connectivity index (χ0n) is 11.0. The smallest absolute Gasteiger partial charge is 0.152 e. The predicted octanol–water partition coefficient (Wildman–Crippen LogP) is 0.988. The highest BCUT2D eigenvalue weighted by Gasteiger charge is 2.29. The molecule has 1 aliphatic heterocycles. The molecule has 102 valence electrons. The van der Waals surface area contributed by atoms with E-state index in [4.69, 9.17) is 0 Å². The molecule has 2 rings (SSSR count). The molecule has 0 saturated carbocycles. The van der Waals surface area contributed by atoms with Gasteiger partial charge in [-0.05, 0) is 18.9 Å². The quantitative estimate of drug-likeness (QED) is 0.867. The summed E-state index contributed by atoms with van der Waals surface area (Å²) < 4.78 is 25.0. The van der Waals surface area contributed by atoms with Gasteiger partial charge in [0.25, 0.3) is 0 Å². The van der Waals surface area contributed by atoms with Crippen LogP contribution in [-0.2, 0) is 16.4 Å². The lowest BCUT2D eigenvalue weighted by Gasteiger charge is -2.14. The topological polar surface area (TPSA) is 64.0 Å². The molecule has 1 N–H and O–H groups in total. The van der Waals surface area contributed by atoms with Gasteiger partial charge in [0.2, 0.25) is 0 Å². The third kappa shape index (κ3) is 3.32. The molecule has 0 spiro atoms. The Hall–Kier alpha value is -0.880. The summed E-state index contributed by atoms with van der Waals surface area (Å²) in [5.74, 6) is 2.08. The molecule has 1 aromatic heterocycles. The first-order valence-electron chi connectivity index (χ1n) is 6.41. The van der Waals surface area contributed by atoms with Gasteiger partial charge in [-0.2, -0.15) is 0 Å². The first kappa shape index (κ1) is 13.5. The summed E-state index contributed by atoms with van der Waals surface area (Å²) in [6.45, 7) is 5.95. The number of sulfone groups is 1. The van der Waals surface area contributed by atoms with Gasteiger partial charge in [-0.1, -0.05) is 13.8 Å². The standard InChI is InChI=1S/C12H21N3O2S/c1-10(2)7-13-8-12-14-4-5-15(12)11-3-6-18(16,17)9-11/h4-5,10-11,13H,3,6-9H2,1-2H3. The molecule has 1 unspecified atom stereocenters. The Labute approximate surface area is 109 Å². The Kier molecular flexibility index (Phi) is 4.07. The van der Waals surface area contributed by atoms with Crippen LogP contribution in [0.1, 0.15) is 32.1 Å². The molecule has 0 amide bonds. The third-order valence-electron chi connectivity index (χ3n) is 3.19. The van der Waals surface area contributed by atoms with Gasteiger partial charge >= 0.3 is 0 Å². The summed E-state index contributed by atoms with van der Waals surface area (Å²) in [5.41, 5.74) is 0. The molecule has 1 atom stereocenters. The summed E-state index contributed by atoms with van der Waals surface area (Å²) in [5, 5.41) is 3.34. The second-order valence-corrected chi connectivity index (χ2v) is 7.56. The van der Waals surface area contributed by atoms with E-state index in [9.17, 15) is 8.42 Å². The highest BCUT2D eigenvalue weighted by Crippen LogP contribution is 2.24. The fraction of sp³-hybridized carbons (Fsp3) is 0.750. The third-order valence-corrected chi connectivity index (χ3v) is 4.94. The Balaban J connectivity index is 2.00. The predicted molar refractivity (Wildman–Crippen MR) is 71.1 cm³/mol. The highest BCUT2D eigenvalue weighted by molar-refractivity contribution is 7.91. The summed E-state index contributed by atoms with van der Waals surface area (Å²) in [7, 11) is -2.84. The molecule has 0 radical (unpaired) electrons. The van der Waals surface area contributed by atoms with Crippen molar-refractivity contribution in [3.63, 3.8) is 0 Å². The van der Waals surface area contributed by atoms with E-state index in [1.807, 2.05) is 10.8 Å². The first-order chi connectivity index (χ1) is 8.48. The number of rotatable bonds is 5. The fourth-order valence-corrected chi connectivity index (χ4v) is 3.99. The number of hydrogen-bond donors (Lipinski definition) is 1. The van der Waals surface area contributed by atoms with Crippen molar-refractivity contribution in [3.05, 3.63) is 18.2 Å². The second kappa shape index (κ2) is 5.40. The Bertz CT molecular complexity index is 493.